The molecule has 2 amide bonds. The summed E-state index contributed by atoms with van der Waals surface area (Å²) >= 11 is 0. The van der Waals surface area contributed by atoms with Gasteiger partial charge in [0.05, 0.1) is 24.4 Å². The molecule has 1 aliphatic rings. The number of nitrogens with one attached hydrogen (secondary N) is 2. The lowest BCUT2D eigenvalue weighted by atomic mass is 10.2. The summed E-state index contributed by atoms with van der Waals surface area (Å²) in [5.41, 5.74) is 1.08. The van der Waals surface area contributed by atoms with Crippen molar-refractivity contribution in [3.63, 3.8) is 0 Å². The van der Waals surface area contributed by atoms with Gasteiger partial charge in [0.15, 0.2) is 0 Å². The summed E-state index contributed by atoms with van der Waals surface area (Å²) in [4.78, 5) is 26.0. The van der Waals surface area contributed by atoms with E-state index in [0.717, 1.165) is 13.1 Å². The van der Waals surface area contributed by atoms with Gasteiger partial charge in [0.25, 0.3) is 0 Å². The Labute approximate surface area is 155 Å². The molecule has 1 aromatic carbocycles. The number of anilines is 1. The maximum absolute atomic E-state index is 12.1. The van der Waals surface area contributed by atoms with Crippen LogP contribution in [0.4, 0.5) is 10.5 Å². The highest BCUT2D eigenvalue weighted by molar-refractivity contribution is 5.92. The minimum absolute atomic E-state index is 0.202. The highest BCUT2D eigenvalue weighted by Crippen LogP contribution is 2.13. The highest BCUT2D eigenvalue weighted by Gasteiger charge is 2.25. The molecule has 1 aliphatic heterocycles. The van der Waals surface area contributed by atoms with Gasteiger partial charge < -0.3 is 20.1 Å². The van der Waals surface area contributed by atoms with Gasteiger partial charge in [0, 0.05) is 31.4 Å². The largest absolute Gasteiger partial charge is 0.462 e. The zero-order chi connectivity index (χ0) is 19.1. The van der Waals surface area contributed by atoms with Gasteiger partial charge in [-0.2, -0.15) is 0 Å². The van der Waals surface area contributed by atoms with E-state index in [4.69, 9.17) is 9.47 Å². The van der Waals surface area contributed by atoms with Crippen molar-refractivity contribution in [2.24, 2.45) is 0 Å². The quantitative estimate of drug-likeness (QED) is 0.759. The van der Waals surface area contributed by atoms with Crippen molar-refractivity contribution in [3.8, 4) is 0 Å². The van der Waals surface area contributed by atoms with Crippen LogP contribution >= 0.6 is 0 Å². The molecule has 1 saturated heterocycles. The predicted molar refractivity (Wildman–Crippen MR) is 100 cm³/mol. The molecule has 0 radical (unpaired) electrons. The first kappa shape index (κ1) is 20.2. The summed E-state index contributed by atoms with van der Waals surface area (Å²) in [5.74, 6) is -0.369. The average molecular weight is 363 g/mol. The molecule has 2 N–H and O–H groups in total. The number of urea groups is 1. The molecule has 1 heterocycles. The first-order chi connectivity index (χ1) is 12.4. The lowest BCUT2D eigenvalue weighted by molar-refractivity contribution is -0.0777. The van der Waals surface area contributed by atoms with Gasteiger partial charge in [-0.05, 0) is 52.0 Å². The molecule has 1 aromatic rings. The molecule has 1 fully saturated rings. The Morgan fingerprint density at radius 3 is 2.42 bits per heavy atom. The Hall–Kier alpha value is -2.12. The van der Waals surface area contributed by atoms with E-state index in [9.17, 15) is 9.59 Å². The van der Waals surface area contributed by atoms with E-state index in [1.165, 1.54) is 0 Å². The Balaban J connectivity index is 1.78. The maximum Gasteiger partial charge on any atom is 0.338 e. The van der Waals surface area contributed by atoms with Crippen LogP contribution < -0.4 is 10.6 Å². The second kappa shape index (κ2) is 9.54. The topological polar surface area (TPSA) is 79.9 Å². The SMILES string of the molecule is CCOC(=O)c1ccc(NC(=O)NC[C@@H](C)N2C[C@H](C)O[C@@H](C)C2)cc1. The van der Waals surface area contributed by atoms with Crippen LogP contribution in [0, 0.1) is 0 Å². The number of rotatable bonds is 6. The second-order valence-corrected chi connectivity index (χ2v) is 6.69. The molecule has 2 rings (SSSR count). The zero-order valence-electron chi connectivity index (χ0n) is 16.0. The molecule has 0 aliphatic carbocycles. The van der Waals surface area contributed by atoms with Crippen LogP contribution in [-0.2, 0) is 9.47 Å². The van der Waals surface area contributed by atoms with Gasteiger partial charge in [0.2, 0.25) is 0 Å². The van der Waals surface area contributed by atoms with Crippen molar-refractivity contribution in [3.05, 3.63) is 29.8 Å². The predicted octanol–water partition coefficient (Wildman–Crippen LogP) is 2.48. The number of nitrogens with zero attached hydrogens (tertiary/aromatic N) is 1. The molecular weight excluding hydrogens is 334 g/mol. The van der Waals surface area contributed by atoms with Crippen molar-refractivity contribution in [1.82, 2.24) is 10.2 Å². The van der Waals surface area contributed by atoms with Crippen molar-refractivity contribution >= 4 is 17.7 Å². The van der Waals surface area contributed by atoms with E-state index < -0.39 is 0 Å². The smallest absolute Gasteiger partial charge is 0.338 e. The van der Waals surface area contributed by atoms with Crippen molar-refractivity contribution in [1.29, 1.82) is 0 Å². The fraction of sp³-hybridized carbons (Fsp3) is 0.579. The third kappa shape index (κ3) is 6.00. The molecule has 3 atom stereocenters. The van der Waals surface area contributed by atoms with Gasteiger partial charge >= 0.3 is 12.0 Å². The first-order valence-electron chi connectivity index (χ1n) is 9.10. The van der Waals surface area contributed by atoms with E-state index in [-0.39, 0.29) is 30.3 Å². The number of morpholine rings is 1. The number of ether oxygens (including phenoxy) is 2. The first-order valence-corrected chi connectivity index (χ1v) is 9.10. The fourth-order valence-electron chi connectivity index (χ4n) is 3.03. The minimum Gasteiger partial charge on any atom is -0.462 e. The third-order valence-corrected chi connectivity index (χ3v) is 4.28. The maximum atomic E-state index is 12.1. The van der Waals surface area contributed by atoms with Crippen molar-refractivity contribution < 1.29 is 19.1 Å². The van der Waals surface area contributed by atoms with E-state index in [2.05, 4.69) is 36.3 Å². The van der Waals surface area contributed by atoms with Crippen LogP contribution in [0.2, 0.25) is 0 Å². The summed E-state index contributed by atoms with van der Waals surface area (Å²) in [5, 5.41) is 5.66. The molecule has 0 spiro atoms. The van der Waals surface area contributed by atoms with Crippen LogP contribution in [0.25, 0.3) is 0 Å². The fourth-order valence-corrected chi connectivity index (χ4v) is 3.03. The normalized spacial score (nSPS) is 21.7. The second-order valence-electron chi connectivity index (χ2n) is 6.69. The van der Waals surface area contributed by atoms with Gasteiger partial charge in [-0.15, -0.1) is 0 Å². The van der Waals surface area contributed by atoms with E-state index in [1.807, 2.05) is 0 Å². The van der Waals surface area contributed by atoms with Gasteiger partial charge in [0.1, 0.15) is 0 Å². The molecule has 144 valence electrons. The molecular formula is C19H29N3O4. The van der Waals surface area contributed by atoms with E-state index >= 15 is 0 Å². The van der Waals surface area contributed by atoms with Gasteiger partial charge in [-0.1, -0.05) is 0 Å². The number of carbonyl (C=O) groups is 2. The lowest BCUT2D eigenvalue weighted by Crippen LogP contribution is -2.52. The number of benzene rings is 1. The van der Waals surface area contributed by atoms with Crippen LogP contribution in [0.15, 0.2) is 24.3 Å². The van der Waals surface area contributed by atoms with Crippen LogP contribution in [0.5, 0.6) is 0 Å². The average Bonchev–Trinajstić information content (AvgIpc) is 2.59. The number of amides is 2. The zero-order valence-corrected chi connectivity index (χ0v) is 16.0. The van der Waals surface area contributed by atoms with Gasteiger partial charge in [-0.3, -0.25) is 4.90 Å². The van der Waals surface area contributed by atoms with Crippen LogP contribution in [0.1, 0.15) is 38.1 Å². The van der Waals surface area contributed by atoms with E-state index in [1.54, 1.807) is 31.2 Å². The third-order valence-electron chi connectivity index (χ3n) is 4.28. The molecule has 7 heteroatoms. The molecule has 0 saturated carbocycles. The molecule has 7 nitrogen and oxygen atoms in total. The molecule has 0 unspecified atom stereocenters. The Morgan fingerprint density at radius 2 is 1.85 bits per heavy atom. The Kier molecular flexibility index (Phi) is 7.41. The highest BCUT2D eigenvalue weighted by atomic mass is 16.5. The standard InChI is InChI=1S/C19H29N3O4/c1-5-25-18(23)16-6-8-17(9-7-16)21-19(24)20-10-13(2)22-11-14(3)26-15(4)12-22/h6-9,13-15H,5,10-12H2,1-4H3,(H2,20,21,24)/t13-,14+,15+/m1/s1. The Bertz CT molecular complexity index is 595. The van der Waals surface area contributed by atoms with Crippen LogP contribution in [0.3, 0.4) is 0 Å². The summed E-state index contributed by atoms with van der Waals surface area (Å²) < 4.78 is 10.7. The minimum atomic E-state index is -0.369. The van der Waals surface area contributed by atoms with Crippen LogP contribution in [-0.4, -0.2) is 61.4 Å². The summed E-state index contributed by atoms with van der Waals surface area (Å²) in [6, 6.07) is 6.58. The van der Waals surface area contributed by atoms with Crippen molar-refractivity contribution in [2.45, 2.75) is 45.9 Å². The number of hydrogen-bond acceptors (Lipinski definition) is 5. The summed E-state index contributed by atoms with van der Waals surface area (Å²) in [7, 11) is 0. The Morgan fingerprint density at radius 1 is 1.23 bits per heavy atom. The van der Waals surface area contributed by atoms with Crippen molar-refractivity contribution in [2.75, 3.05) is 31.6 Å². The summed E-state index contributed by atoms with van der Waals surface area (Å²) in [6.07, 6.45) is 0.404. The van der Waals surface area contributed by atoms with Gasteiger partial charge in [-0.25, -0.2) is 9.59 Å². The summed E-state index contributed by atoms with van der Waals surface area (Å²) in [6.45, 7) is 10.6. The number of hydrogen-bond donors (Lipinski definition) is 2. The number of carbonyl (C=O) groups excluding carboxylic acids is 2. The molecule has 0 aromatic heterocycles. The monoisotopic (exact) mass is 363 g/mol. The number of esters is 1. The lowest BCUT2D eigenvalue weighted by Gasteiger charge is -2.38. The molecule has 0 bridgehead atoms. The van der Waals surface area contributed by atoms with E-state index in [0.29, 0.717) is 24.4 Å². The molecule has 26 heavy (non-hydrogen) atoms.